The molecule has 0 amide bonds. The van der Waals surface area contributed by atoms with Crippen molar-refractivity contribution in [2.45, 2.75) is 27.7 Å². The van der Waals surface area contributed by atoms with Crippen molar-refractivity contribution < 1.29 is 4.74 Å². The third-order valence-corrected chi connectivity index (χ3v) is 10.6. The third kappa shape index (κ3) is 5.50. The molecule has 0 bridgehead atoms. The first-order chi connectivity index (χ1) is 25.3. The van der Waals surface area contributed by atoms with E-state index >= 15 is 0 Å². The Hall–Kier alpha value is -6.64. The molecule has 0 fully saturated rings. The van der Waals surface area contributed by atoms with Crippen LogP contribution in [-0.2, 0) is 5.41 Å². The normalized spacial score (nSPS) is 12.3. The summed E-state index contributed by atoms with van der Waals surface area (Å²) in [6.07, 6.45) is 0. The maximum atomic E-state index is 6.60. The molecule has 0 atom stereocenters. The number of rotatable bonds is 5. The SMILES string of the molecule is C.C.C.c1ccc(-c2ccc(N(c3ccc(-c4ccccc4)cc3)c3ccc4c(c3)C3(c5ccccc5Oc5ccccc53)c3ccccc3-4)cc2)cc1. The van der Waals surface area contributed by atoms with Crippen LogP contribution in [0.25, 0.3) is 33.4 Å². The molecule has 8 aromatic carbocycles. The first kappa shape index (κ1) is 35.7. The van der Waals surface area contributed by atoms with Crippen molar-refractivity contribution >= 4 is 17.1 Å². The van der Waals surface area contributed by atoms with Gasteiger partial charge in [-0.25, -0.2) is 0 Å². The highest BCUT2D eigenvalue weighted by Crippen LogP contribution is 2.62. The van der Waals surface area contributed by atoms with E-state index in [2.05, 4.69) is 205 Å². The Labute approximate surface area is 320 Å². The smallest absolute Gasteiger partial charge is 0.132 e. The molecule has 0 N–H and O–H groups in total. The van der Waals surface area contributed by atoms with Crippen LogP contribution >= 0.6 is 0 Å². The molecule has 1 heterocycles. The first-order valence-corrected chi connectivity index (χ1v) is 17.5. The molecule has 2 heteroatoms. The first-order valence-electron chi connectivity index (χ1n) is 17.5. The number of hydrogen-bond acceptors (Lipinski definition) is 2. The predicted molar refractivity (Wildman–Crippen MR) is 230 cm³/mol. The molecule has 0 saturated carbocycles. The third-order valence-electron chi connectivity index (χ3n) is 10.6. The number of fused-ring (bicyclic) bond motifs is 9. The molecule has 1 spiro atoms. The van der Waals surface area contributed by atoms with Crippen LogP contribution in [0.4, 0.5) is 17.1 Å². The maximum Gasteiger partial charge on any atom is 0.132 e. The van der Waals surface area contributed by atoms with Gasteiger partial charge in [-0.1, -0.05) is 174 Å². The van der Waals surface area contributed by atoms with Crippen molar-refractivity contribution in [3.8, 4) is 44.9 Å². The van der Waals surface area contributed by atoms with Gasteiger partial charge in [-0.2, -0.15) is 0 Å². The monoisotopic (exact) mass is 699 g/mol. The number of benzene rings is 8. The second-order valence-electron chi connectivity index (χ2n) is 13.3. The summed E-state index contributed by atoms with van der Waals surface area (Å²) >= 11 is 0. The summed E-state index contributed by atoms with van der Waals surface area (Å²) in [6.45, 7) is 0. The zero-order valence-electron chi connectivity index (χ0n) is 27.9. The van der Waals surface area contributed by atoms with E-state index in [1.165, 1.54) is 44.5 Å². The van der Waals surface area contributed by atoms with E-state index in [-0.39, 0.29) is 22.3 Å². The van der Waals surface area contributed by atoms with Crippen molar-refractivity contribution in [2.75, 3.05) is 4.90 Å². The summed E-state index contributed by atoms with van der Waals surface area (Å²) in [4.78, 5) is 2.39. The summed E-state index contributed by atoms with van der Waals surface area (Å²) in [5, 5.41) is 0. The lowest BCUT2D eigenvalue weighted by Gasteiger charge is -2.39. The fourth-order valence-electron chi connectivity index (χ4n) is 8.30. The Morgan fingerprint density at radius 3 is 1.22 bits per heavy atom. The summed E-state index contributed by atoms with van der Waals surface area (Å²) in [6, 6.07) is 72.0. The van der Waals surface area contributed by atoms with Crippen molar-refractivity contribution in [3.05, 3.63) is 222 Å². The minimum absolute atomic E-state index is 0. The lowest BCUT2D eigenvalue weighted by molar-refractivity contribution is 0.436. The summed E-state index contributed by atoms with van der Waals surface area (Å²) in [5.41, 5.74) is 14.9. The van der Waals surface area contributed by atoms with Gasteiger partial charge in [-0.05, 0) is 93.0 Å². The van der Waals surface area contributed by atoms with Gasteiger partial charge in [-0.3, -0.25) is 0 Å². The summed E-state index contributed by atoms with van der Waals surface area (Å²) < 4.78 is 6.60. The fourth-order valence-corrected chi connectivity index (χ4v) is 8.30. The zero-order valence-corrected chi connectivity index (χ0v) is 27.9. The lowest BCUT2D eigenvalue weighted by Crippen LogP contribution is -2.32. The molecule has 1 aliphatic carbocycles. The van der Waals surface area contributed by atoms with Crippen LogP contribution in [0.15, 0.2) is 200 Å². The Morgan fingerprint density at radius 1 is 0.315 bits per heavy atom. The van der Waals surface area contributed by atoms with E-state index in [1.54, 1.807) is 0 Å². The molecule has 2 aliphatic rings. The number of anilines is 3. The molecule has 0 aromatic heterocycles. The average Bonchev–Trinajstić information content (AvgIpc) is 3.49. The Kier molecular flexibility index (Phi) is 9.54. The molecule has 0 unspecified atom stereocenters. The molecule has 0 saturated heterocycles. The van der Waals surface area contributed by atoms with Crippen LogP contribution in [0.5, 0.6) is 11.5 Å². The minimum Gasteiger partial charge on any atom is -0.457 e. The second-order valence-corrected chi connectivity index (χ2v) is 13.3. The van der Waals surface area contributed by atoms with Crippen molar-refractivity contribution in [1.29, 1.82) is 0 Å². The van der Waals surface area contributed by atoms with Crippen molar-refractivity contribution in [3.63, 3.8) is 0 Å². The maximum absolute atomic E-state index is 6.60. The second kappa shape index (κ2) is 14.4. The predicted octanol–water partition coefficient (Wildman–Crippen LogP) is 14.9. The fraction of sp³-hybridized carbons (Fsp3) is 0.0769. The van der Waals surface area contributed by atoms with Crippen molar-refractivity contribution in [2.24, 2.45) is 0 Å². The Balaban J connectivity index is 0.00000150. The molecule has 10 rings (SSSR count). The number of ether oxygens (including phenoxy) is 1. The van der Waals surface area contributed by atoms with E-state index in [0.717, 1.165) is 39.7 Å². The van der Waals surface area contributed by atoms with Gasteiger partial charge in [0.2, 0.25) is 0 Å². The molecule has 8 aromatic rings. The van der Waals surface area contributed by atoms with Gasteiger partial charge in [0.15, 0.2) is 0 Å². The molecular weight excluding hydrogens is 655 g/mol. The van der Waals surface area contributed by atoms with Gasteiger partial charge in [0, 0.05) is 28.2 Å². The molecule has 264 valence electrons. The van der Waals surface area contributed by atoms with E-state index in [9.17, 15) is 0 Å². The van der Waals surface area contributed by atoms with Crippen LogP contribution in [0.3, 0.4) is 0 Å². The highest BCUT2D eigenvalue weighted by Gasteiger charge is 2.51. The molecule has 0 radical (unpaired) electrons. The van der Waals surface area contributed by atoms with E-state index < -0.39 is 5.41 Å². The summed E-state index contributed by atoms with van der Waals surface area (Å²) in [7, 11) is 0. The summed E-state index contributed by atoms with van der Waals surface area (Å²) in [5.74, 6) is 1.79. The van der Waals surface area contributed by atoms with E-state index in [1.807, 2.05) is 0 Å². The van der Waals surface area contributed by atoms with Gasteiger partial charge < -0.3 is 9.64 Å². The van der Waals surface area contributed by atoms with E-state index in [4.69, 9.17) is 4.74 Å². The van der Waals surface area contributed by atoms with Crippen LogP contribution in [0.1, 0.15) is 44.5 Å². The Morgan fingerprint density at radius 2 is 0.704 bits per heavy atom. The highest BCUT2D eigenvalue weighted by atomic mass is 16.5. The topological polar surface area (TPSA) is 12.5 Å². The highest BCUT2D eigenvalue weighted by molar-refractivity contribution is 5.91. The standard InChI is InChI=1S/C49H33NO.3CH4/c1-3-13-34(14-4-1)36-23-27-38(28-24-36)50(39-29-25-37(26-30-39)35-15-5-2-6-16-35)40-31-32-42-41-17-7-8-18-43(41)49(46(42)33-40)44-19-9-11-21-47(44)51-48-22-12-10-20-45(48)49;;;/h1-33H;3*1H4. The van der Waals surface area contributed by atoms with Gasteiger partial charge in [0.05, 0.1) is 5.41 Å². The molecule has 54 heavy (non-hydrogen) atoms. The van der Waals surface area contributed by atoms with Crippen LogP contribution in [-0.4, -0.2) is 0 Å². The molecule has 2 nitrogen and oxygen atoms in total. The number of nitrogens with zero attached hydrogens (tertiary/aromatic N) is 1. The average molecular weight is 700 g/mol. The van der Waals surface area contributed by atoms with Crippen molar-refractivity contribution in [1.82, 2.24) is 0 Å². The number of para-hydroxylation sites is 2. The van der Waals surface area contributed by atoms with Crippen LogP contribution < -0.4 is 9.64 Å². The quantitative estimate of drug-likeness (QED) is 0.177. The van der Waals surface area contributed by atoms with Crippen LogP contribution in [0, 0.1) is 0 Å². The van der Waals surface area contributed by atoms with Gasteiger partial charge in [0.25, 0.3) is 0 Å². The van der Waals surface area contributed by atoms with Gasteiger partial charge >= 0.3 is 0 Å². The van der Waals surface area contributed by atoms with Crippen LogP contribution in [0.2, 0.25) is 0 Å². The van der Waals surface area contributed by atoms with Gasteiger partial charge in [0.1, 0.15) is 11.5 Å². The number of hydrogen-bond donors (Lipinski definition) is 0. The minimum atomic E-state index is -0.534. The van der Waals surface area contributed by atoms with Gasteiger partial charge in [-0.15, -0.1) is 0 Å². The van der Waals surface area contributed by atoms with E-state index in [0.29, 0.717) is 0 Å². The zero-order chi connectivity index (χ0) is 33.8. The largest absolute Gasteiger partial charge is 0.457 e. The molecular formula is C52H45NO. The Bertz CT molecular complexity index is 2410. The molecule has 1 aliphatic heterocycles. The lowest BCUT2D eigenvalue weighted by atomic mass is 9.66.